The van der Waals surface area contributed by atoms with Gasteiger partial charge < -0.3 is 47.4 Å². The van der Waals surface area contributed by atoms with Gasteiger partial charge in [0, 0.05) is 123 Å². The Morgan fingerprint density at radius 3 is 0.471 bits per heavy atom. The summed E-state index contributed by atoms with van der Waals surface area (Å²) in [7, 11) is 0. The van der Waals surface area contributed by atoms with Gasteiger partial charge in [-0.1, -0.05) is 291 Å². The van der Waals surface area contributed by atoms with E-state index in [1.807, 2.05) is 249 Å². The summed E-state index contributed by atoms with van der Waals surface area (Å²) in [4.78, 5) is 139. The molecule has 0 aliphatic carbocycles. The van der Waals surface area contributed by atoms with Crippen LogP contribution in [0.5, 0.6) is 0 Å². The van der Waals surface area contributed by atoms with Crippen molar-refractivity contribution in [3.63, 3.8) is 0 Å². The zero-order chi connectivity index (χ0) is 96.9. The highest BCUT2D eigenvalue weighted by Gasteiger charge is 2.30. The van der Waals surface area contributed by atoms with Gasteiger partial charge in [-0.2, -0.15) is 0 Å². The van der Waals surface area contributed by atoms with Crippen LogP contribution in [0.2, 0.25) is 0 Å². The molecule has 0 heterocycles. The summed E-state index contributed by atoms with van der Waals surface area (Å²) < 4.78 is 53.0. The lowest BCUT2D eigenvalue weighted by Gasteiger charge is -2.20. The molecule has 0 amide bonds. The van der Waals surface area contributed by atoms with E-state index in [4.69, 9.17) is 47.4 Å². The molecule has 22 nitrogen and oxygen atoms in total. The fraction of sp³-hybridized carbons (Fsp3) is 0.879. The molecular formula is C99H188O22. The van der Waals surface area contributed by atoms with E-state index >= 15 is 0 Å². The highest BCUT2D eigenvalue weighted by molar-refractivity contribution is 5.91. The number of carbonyl (C=O) groups is 12. The number of hydrogen-bond acceptors (Lipinski definition) is 22. The highest BCUT2D eigenvalue weighted by Crippen LogP contribution is 2.28. The van der Waals surface area contributed by atoms with Gasteiger partial charge in [0.05, 0.1) is 85.9 Å². The summed E-state index contributed by atoms with van der Waals surface area (Å²) in [6.45, 7) is 89.0. The zero-order valence-electron chi connectivity index (χ0n) is 85.9. The normalized spacial score (nSPS) is 12.6. The van der Waals surface area contributed by atoms with Crippen molar-refractivity contribution in [1.82, 2.24) is 0 Å². The first kappa shape index (κ1) is 130. The molecule has 0 N–H and O–H groups in total. The predicted octanol–water partition coefficient (Wildman–Crippen LogP) is 20.8. The third-order valence-electron chi connectivity index (χ3n) is 18.1. The van der Waals surface area contributed by atoms with Gasteiger partial charge in [-0.3, -0.25) is 57.5 Å². The van der Waals surface area contributed by atoms with Gasteiger partial charge in [-0.05, 0) is 36.5 Å². The summed E-state index contributed by atoms with van der Waals surface area (Å²) >= 11 is 0. The molecule has 0 bridgehead atoms. The largest absolute Gasteiger partial charge is 0.379 e. The minimum atomic E-state index is -0.372. The second-order valence-electron chi connectivity index (χ2n) is 46.0. The monoisotopic (exact) mass is 1730 g/mol. The molecule has 121 heavy (non-hydrogen) atoms. The molecule has 0 unspecified atom stereocenters. The second-order valence-corrected chi connectivity index (χ2v) is 46.0. The summed E-state index contributed by atoms with van der Waals surface area (Å²) in [5, 5.41) is 0. The number of hydrogen-bond donors (Lipinski definition) is 0. The Balaban J connectivity index is -0.000000252. The average molecular weight is 1730 g/mol. The lowest BCUT2D eigenvalue weighted by atomic mass is 9.83. The Kier molecular flexibility index (Phi) is 66.4. The summed E-state index contributed by atoms with van der Waals surface area (Å²) in [5.74, 6) is 1.98. The summed E-state index contributed by atoms with van der Waals surface area (Å²) in [6.07, 6.45) is 7.31. The van der Waals surface area contributed by atoms with Gasteiger partial charge in [0.25, 0.3) is 0 Å². The Morgan fingerprint density at radius 2 is 0.289 bits per heavy atom. The molecule has 716 valence electrons. The molecule has 0 fully saturated rings. The highest BCUT2D eigenvalue weighted by atomic mass is 16.5. The first-order valence-corrected chi connectivity index (χ1v) is 44.2. The number of carbonyl (C=O) groups excluding carboxylic acids is 12. The molecule has 0 aliphatic heterocycles. The van der Waals surface area contributed by atoms with Crippen molar-refractivity contribution in [2.75, 3.05) is 132 Å². The van der Waals surface area contributed by atoms with Gasteiger partial charge in [-0.15, -0.1) is 0 Å². The van der Waals surface area contributed by atoms with Crippen LogP contribution < -0.4 is 0 Å². The van der Waals surface area contributed by atoms with Crippen LogP contribution in [0, 0.1) is 75.8 Å². The van der Waals surface area contributed by atoms with Crippen LogP contribution in [0.4, 0.5) is 0 Å². The van der Waals surface area contributed by atoms with Crippen LogP contribution in [-0.2, 0) is 105 Å². The molecule has 0 aliphatic rings. The quantitative estimate of drug-likeness (QED) is 0.0511. The van der Waals surface area contributed by atoms with E-state index in [0.29, 0.717) is 148 Å². The van der Waals surface area contributed by atoms with Crippen molar-refractivity contribution in [2.45, 2.75) is 361 Å². The fourth-order valence-corrected chi connectivity index (χ4v) is 7.85. The lowest BCUT2D eigenvalue weighted by molar-refractivity contribution is -0.134. The smallest absolute Gasteiger partial charge is 0.163 e. The summed E-state index contributed by atoms with van der Waals surface area (Å²) in [6, 6.07) is 0. The van der Waals surface area contributed by atoms with Crippen LogP contribution in [0.25, 0.3) is 0 Å². The number of rotatable bonds is 46. The molecule has 0 saturated heterocycles. The van der Waals surface area contributed by atoms with E-state index in [2.05, 4.69) is 41.5 Å². The van der Waals surface area contributed by atoms with Gasteiger partial charge in [-0.25, -0.2) is 0 Å². The Bertz CT molecular complexity index is 2690. The molecular weight excluding hydrogens is 1540 g/mol. The zero-order valence-corrected chi connectivity index (χ0v) is 85.9. The Hall–Kier alpha value is -4.36. The maximum Gasteiger partial charge on any atom is 0.163 e. The van der Waals surface area contributed by atoms with Crippen LogP contribution in [0.15, 0.2) is 0 Å². The molecule has 0 aromatic carbocycles. The van der Waals surface area contributed by atoms with Gasteiger partial charge >= 0.3 is 0 Å². The molecule has 22 heteroatoms. The Morgan fingerprint density at radius 1 is 0.140 bits per heavy atom. The maximum absolute atomic E-state index is 11.7. The number of Topliss-reactive ketones (excluding diaryl/α,β-unsaturated/α-hetero) is 12. The molecule has 0 aromatic rings. The van der Waals surface area contributed by atoms with Gasteiger partial charge in [0.1, 0.15) is 73.5 Å². The van der Waals surface area contributed by atoms with E-state index in [9.17, 15) is 57.5 Å². The van der Waals surface area contributed by atoms with E-state index in [0.717, 1.165) is 38.7 Å². The topological polar surface area (TPSA) is 297 Å². The standard InChI is InChI=1S/C17H32O4.C16H30O4.2C14H26O4.C14H28O3.C12H22O2.C12H24O/c1-16(2,3)14(18)8-7-10-20-12-13-21-11-9-15(19)17(4,5)6;1-15(2,3)13(17)7-9-19-11-12-20-10-8-14(18)16(4,5)6;2*1-13(2,3)11(15)9-17-7-8-18-10-12(16)14(4,5)6;1-13(2,3)7-8-16-9-10-17-11-12(15)14(4,5)6;1-11(2,3)9(13)7-8-10(14)12(4,5)6;1-11(2,3)9-7-8-10(13)12(4,5)6/h7-13H2,1-6H3;7-12H2,1-6H3;2*7-10H2,1-6H3;7-11H2,1-6H3;7-8H2,1-6H3;7-9H2,1-6H3. The third kappa shape index (κ3) is 86.2. The SMILES string of the molecule is CC(C)(C)C(=O)CCC(=O)C(C)(C)C.CC(C)(C)C(=O)CCCOCCOCCC(=O)C(C)(C)C.CC(C)(C)C(=O)CCOCCOCCC(=O)C(C)(C)C.CC(C)(C)C(=O)COCCOCC(=O)C(C)(C)C.CC(C)(C)C(=O)COCCOCC(=O)C(C)(C)C.CC(C)(C)CCCC(=O)C(C)(C)C.CC(C)(C)CCOCCOCC(=O)C(C)(C)C. The average Bonchev–Trinajstić information content (AvgIpc) is 0.878. The van der Waals surface area contributed by atoms with Crippen molar-refractivity contribution < 1.29 is 105 Å². The van der Waals surface area contributed by atoms with Crippen LogP contribution in [-0.4, -0.2) is 202 Å². The fourth-order valence-electron chi connectivity index (χ4n) is 7.85. The van der Waals surface area contributed by atoms with Crippen molar-refractivity contribution in [1.29, 1.82) is 0 Å². The Labute approximate surface area is 740 Å². The van der Waals surface area contributed by atoms with Crippen molar-refractivity contribution >= 4 is 69.4 Å². The van der Waals surface area contributed by atoms with E-state index in [1.165, 1.54) is 0 Å². The van der Waals surface area contributed by atoms with Crippen LogP contribution in [0.3, 0.4) is 0 Å². The molecule has 0 aromatic heterocycles. The minimum absolute atomic E-state index is 0.0632. The number of ether oxygens (including phenoxy) is 10. The van der Waals surface area contributed by atoms with E-state index < -0.39 is 0 Å². The van der Waals surface area contributed by atoms with Crippen LogP contribution in [0.1, 0.15) is 361 Å². The van der Waals surface area contributed by atoms with Crippen molar-refractivity contribution in [3.05, 3.63) is 0 Å². The first-order chi connectivity index (χ1) is 54.0. The molecule has 0 radical (unpaired) electrons. The molecule has 0 atom stereocenters. The summed E-state index contributed by atoms with van der Waals surface area (Å²) in [5.41, 5.74) is -3.08. The molecule has 0 rings (SSSR count). The van der Waals surface area contributed by atoms with Crippen molar-refractivity contribution in [2.24, 2.45) is 75.8 Å². The van der Waals surface area contributed by atoms with Gasteiger partial charge in [0.15, 0.2) is 28.9 Å². The van der Waals surface area contributed by atoms with E-state index in [1.54, 1.807) is 0 Å². The minimum Gasteiger partial charge on any atom is -0.379 e. The predicted molar refractivity (Wildman–Crippen MR) is 491 cm³/mol. The number of ketones is 12. The molecule has 0 spiro atoms. The van der Waals surface area contributed by atoms with Gasteiger partial charge in [0.2, 0.25) is 0 Å². The van der Waals surface area contributed by atoms with Crippen LogP contribution >= 0.6 is 0 Å². The second kappa shape index (κ2) is 61.9. The van der Waals surface area contributed by atoms with Crippen molar-refractivity contribution in [3.8, 4) is 0 Å². The first-order valence-electron chi connectivity index (χ1n) is 44.2. The third-order valence-corrected chi connectivity index (χ3v) is 18.1. The maximum atomic E-state index is 11.7. The molecule has 0 saturated carbocycles. The lowest BCUT2D eigenvalue weighted by Crippen LogP contribution is -2.27. The van der Waals surface area contributed by atoms with E-state index in [-0.39, 0.29) is 162 Å².